The number of carbonyl (C=O) groups excluding carboxylic acids is 3. The van der Waals surface area contributed by atoms with Gasteiger partial charge in [0.2, 0.25) is 0 Å². The van der Waals surface area contributed by atoms with E-state index in [-0.39, 0.29) is 11.8 Å². The Morgan fingerprint density at radius 2 is 1.79 bits per heavy atom. The van der Waals surface area contributed by atoms with Crippen LogP contribution in [0.1, 0.15) is 47.2 Å². The van der Waals surface area contributed by atoms with Crippen LogP contribution in [0.25, 0.3) is 0 Å². The fourth-order valence-electron chi connectivity index (χ4n) is 4.27. The Morgan fingerprint density at radius 3 is 2.52 bits per heavy atom. The molecule has 2 aliphatic rings. The summed E-state index contributed by atoms with van der Waals surface area (Å²) in [5.41, 5.74) is 2.82. The van der Waals surface area contributed by atoms with E-state index in [1.165, 1.54) is 0 Å². The van der Waals surface area contributed by atoms with Crippen molar-refractivity contribution in [3.05, 3.63) is 59.2 Å². The molecule has 2 aromatic carbocycles. The molecule has 0 aromatic heterocycles. The van der Waals surface area contributed by atoms with Crippen LogP contribution in [0.2, 0.25) is 0 Å². The summed E-state index contributed by atoms with van der Waals surface area (Å²) >= 11 is 0. The van der Waals surface area contributed by atoms with Gasteiger partial charge in [0.05, 0.1) is 16.9 Å². The number of fused-ring (bicyclic) bond motifs is 1. The Hall–Kier alpha value is -3.15. The van der Waals surface area contributed by atoms with Gasteiger partial charge < -0.3 is 10.1 Å². The van der Waals surface area contributed by atoms with Crippen molar-refractivity contribution in [2.75, 3.05) is 16.8 Å². The highest BCUT2D eigenvalue weighted by molar-refractivity contribution is 6.15. The number of hydrogen-bond acceptors (Lipinski definition) is 4. The van der Waals surface area contributed by atoms with Crippen LogP contribution in [-0.2, 0) is 14.3 Å². The van der Waals surface area contributed by atoms with Gasteiger partial charge in [-0.3, -0.25) is 14.5 Å². The van der Waals surface area contributed by atoms with Crippen molar-refractivity contribution in [1.82, 2.24) is 0 Å². The molecule has 2 amide bonds. The molecule has 2 aromatic rings. The Labute approximate surface area is 169 Å². The molecule has 1 spiro atoms. The Bertz CT molecular complexity index is 992. The van der Waals surface area contributed by atoms with Crippen LogP contribution in [0.4, 0.5) is 11.4 Å². The molecule has 29 heavy (non-hydrogen) atoms. The minimum atomic E-state index is -0.904. The highest BCUT2D eigenvalue weighted by Gasteiger charge is 2.52. The fraction of sp³-hybridized carbons (Fsp3) is 0.348. The number of aryl methyl sites for hydroxylation is 2. The van der Waals surface area contributed by atoms with Crippen LogP contribution >= 0.6 is 0 Å². The number of carbonyl (C=O) groups is 3. The average molecular weight is 392 g/mol. The molecule has 150 valence electrons. The van der Waals surface area contributed by atoms with Crippen molar-refractivity contribution in [3.63, 3.8) is 0 Å². The third-order valence-corrected chi connectivity index (χ3v) is 5.99. The molecule has 6 nitrogen and oxygen atoms in total. The molecule has 1 heterocycles. The quantitative estimate of drug-likeness (QED) is 0.807. The van der Waals surface area contributed by atoms with Gasteiger partial charge in [0.15, 0.2) is 6.61 Å². The van der Waals surface area contributed by atoms with E-state index < -0.39 is 18.1 Å². The number of nitrogens with zero attached hydrogens (tertiary/aromatic N) is 1. The van der Waals surface area contributed by atoms with E-state index in [4.69, 9.17) is 4.74 Å². The van der Waals surface area contributed by atoms with Gasteiger partial charge in [-0.2, -0.15) is 0 Å². The lowest BCUT2D eigenvalue weighted by molar-refractivity contribution is -0.129. The molecule has 1 N–H and O–H groups in total. The summed E-state index contributed by atoms with van der Waals surface area (Å²) in [6, 6.07) is 12.5. The molecule has 1 aliphatic heterocycles. The van der Waals surface area contributed by atoms with E-state index in [1.807, 2.05) is 38.1 Å². The zero-order valence-corrected chi connectivity index (χ0v) is 16.7. The minimum absolute atomic E-state index is 0.164. The largest absolute Gasteiger partial charge is 0.452 e. The van der Waals surface area contributed by atoms with Crippen LogP contribution in [0.5, 0.6) is 0 Å². The zero-order valence-electron chi connectivity index (χ0n) is 16.7. The number of nitrogens with one attached hydrogen (secondary N) is 1. The van der Waals surface area contributed by atoms with E-state index in [0.717, 1.165) is 24.0 Å². The summed E-state index contributed by atoms with van der Waals surface area (Å²) < 4.78 is 5.33. The van der Waals surface area contributed by atoms with Gasteiger partial charge in [-0.05, 0) is 62.1 Å². The second kappa shape index (κ2) is 7.35. The second-order valence-corrected chi connectivity index (χ2v) is 7.81. The van der Waals surface area contributed by atoms with Crippen molar-refractivity contribution in [2.45, 2.75) is 45.1 Å². The molecule has 6 heteroatoms. The standard InChI is InChI=1S/C23H24N2O4/c1-15-9-10-17(13-16(15)2)21(27)29-14-20(26)25-19-8-4-3-7-18(19)24-22(28)23(25)11-5-6-12-23/h3-4,7-10,13H,5-6,11-12,14H2,1-2H3,(H,24,28). The molecule has 0 atom stereocenters. The topological polar surface area (TPSA) is 75.7 Å². The van der Waals surface area contributed by atoms with E-state index in [1.54, 1.807) is 23.1 Å². The molecule has 0 bridgehead atoms. The van der Waals surface area contributed by atoms with Crippen molar-refractivity contribution >= 4 is 29.2 Å². The average Bonchev–Trinajstić information content (AvgIpc) is 3.19. The number of rotatable bonds is 3. The maximum atomic E-state index is 13.2. The molecular weight excluding hydrogens is 368 g/mol. The number of esters is 1. The highest BCUT2D eigenvalue weighted by Crippen LogP contribution is 2.45. The first kappa shape index (κ1) is 19.2. The second-order valence-electron chi connectivity index (χ2n) is 7.81. The third kappa shape index (κ3) is 3.28. The molecular formula is C23H24N2O4. The molecule has 1 saturated carbocycles. The van der Waals surface area contributed by atoms with Gasteiger partial charge in [0.1, 0.15) is 5.54 Å². The first-order valence-electron chi connectivity index (χ1n) is 9.90. The lowest BCUT2D eigenvalue weighted by atomic mass is 9.90. The predicted molar refractivity (Wildman–Crippen MR) is 110 cm³/mol. The zero-order chi connectivity index (χ0) is 20.6. The van der Waals surface area contributed by atoms with Crippen LogP contribution in [-0.4, -0.2) is 29.9 Å². The summed E-state index contributed by atoms with van der Waals surface area (Å²) in [6.07, 6.45) is 2.96. The lowest BCUT2D eigenvalue weighted by Crippen LogP contribution is -2.61. The Morgan fingerprint density at radius 1 is 1.07 bits per heavy atom. The normalized spacial score (nSPS) is 17.0. The number of ether oxygens (including phenoxy) is 1. The van der Waals surface area contributed by atoms with Gasteiger partial charge >= 0.3 is 5.97 Å². The number of benzene rings is 2. The van der Waals surface area contributed by atoms with E-state index in [0.29, 0.717) is 29.8 Å². The number of hydrogen-bond donors (Lipinski definition) is 1. The predicted octanol–water partition coefficient (Wildman–Crippen LogP) is 3.76. The Kier molecular flexibility index (Phi) is 4.86. The monoisotopic (exact) mass is 392 g/mol. The number of anilines is 2. The number of para-hydroxylation sites is 2. The third-order valence-electron chi connectivity index (χ3n) is 5.99. The van der Waals surface area contributed by atoms with Crippen molar-refractivity contribution in [2.24, 2.45) is 0 Å². The summed E-state index contributed by atoms with van der Waals surface area (Å²) in [6.45, 7) is 3.48. The molecule has 1 fully saturated rings. The molecule has 1 aliphatic carbocycles. The summed E-state index contributed by atoms with van der Waals surface area (Å²) in [5, 5.41) is 2.94. The van der Waals surface area contributed by atoms with Crippen LogP contribution in [0, 0.1) is 13.8 Å². The maximum Gasteiger partial charge on any atom is 0.338 e. The molecule has 0 radical (unpaired) electrons. The SMILES string of the molecule is Cc1ccc(C(=O)OCC(=O)N2c3ccccc3NC(=O)C23CCCC3)cc1C. The minimum Gasteiger partial charge on any atom is -0.452 e. The maximum absolute atomic E-state index is 13.2. The van der Waals surface area contributed by atoms with Gasteiger partial charge in [0.25, 0.3) is 11.8 Å². The van der Waals surface area contributed by atoms with Crippen LogP contribution in [0.15, 0.2) is 42.5 Å². The summed E-state index contributed by atoms with van der Waals surface area (Å²) in [4.78, 5) is 40.1. The van der Waals surface area contributed by atoms with Crippen molar-refractivity contribution < 1.29 is 19.1 Å². The van der Waals surface area contributed by atoms with Gasteiger partial charge in [-0.15, -0.1) is 0 Å². The van der Waals surface area contributed by atoms with Crippen molar-refractivity contribution in [1.29, 1.82) is 0 Å². The van der Waals surface area contributed by atoms with Crippen LogP contribution < -0.4 is 10.2 Å². The van der Waals surface area contributed by atoms with Gasteiger partial charge in [-0.25, -0.2) is 4.79 Å². The van der Waals surface area contributed by atoms with E-state index in [9.17, 15) is 14.4 Å². The first-order chi connectivity index (χ1) is 13.9. The van der Waals surface area contributed by atoms with Crippen LogP contribution in [0.3, 0.4) is 0 Å². The van der Waals surface area contributed by atoms with E-state index >= 15 is 0 Å². The number of amides is 2. The lowest BCUT2D eigenvalue weighted by Gasteiger charge is -2.44. The highest BCUT2D eigenvalue weighted by atomic mass is 16.5. The van der Waals surface area contributed by atoms with Gasteiger partial charge in [-0.1, -0.05) is 31.0 Å². The van der Waals surface area contributed by atoms with Gasteiger partial charge in [0, 0.05) is 0 Å². The molecule has 4 rings (SSSR count). The molecule has 0 saturated heterocycles. The first-order valence-corrected chi connectivity index (χ1v) is 9.90. The smallest absolute Gasteiger partial charge is 0.338 e. The van der Waals surface area contributed by atoms with E-state index in [2.05, 4.69) is 5.32 Å². The van der Waals surface area contributed by atoms with Crippen molar-refractivity contribution in [3.8, 4) is 0 Å². The summed E-state index contributed by atoms with van der Waals surface area (Å²) in [5.74, 6) is -1.09. The Balaban J connectivity index is 1.58. The summed E-state index contributed by atoms with van der Waals surface area (Å²) in [7, 11) is 0. The molecule has 0 unspecified atom stereocenters. The fourth-order valence-corrected chi connectivity index (χ4v) is 4.27.